The Morgan fingerprint density at radius 1 is 1.50 bits per heavy atom. The maximum Gasteiger partial charge on any atom is 0.356 e. The lowest BCUT2D eigenvalue weighted by molar-refractivity contribution is 0.0687. The number of carbonyl (C=O) groups excluding carboxylic acids is 1. The van der Waals surface area contributed by atoms with Crippen molar-refractivity contribution in [2.75, 3.05) is 11.9 Å². The molecule has 106 valence electrons. The normalized spacial score (nSPS) is 10.5. The van der Waals surface area contributed by atoms with Crippen molar-refractivity contribution in [3.05, 3.63) is 28.5 Å². The molecule has 0 aliphatic rings. The van der Waals surface area contributed by atoms with Crippen LogP contribution in [0, 0.1) is 6.92 Å². The first kappa shape index (κ1) is 14.2. The third-order valence-electron chi connectivity index (χ3n) is 2.53. The van der Waals surface area contributed by atoms with Crippen molar-refractivity contribution >= 4 is 28.2 Å². The number of aryl methyl sites for hydroxylation is 1. The molecule has 2 aromatic rings. The van der Waals surface area contributed by atoms with E-state index in [9.17, 15) is 9.59 Å². The Morgan fingerprint density at radius 2 is 2.25 bits per heavy atom. The van der Waals surface area contributed by atoms with Gasteiger partial charge < -0.3 is 10.4 Å². The third kappa shape index (κ3) is 3.21. The Morgan fingerprint density at radius 3 is 2.75 bits per heavy atom. The molecular weight excluding hydrogens is 280 g/mol. The summed E-state index contributed by atoms with van der Waals surface area (Å²) in [4.78, 5) is 26.4. The van der Waals surface area contributed by atoms with E-state index in [1.54, 1.807) is 10.9 Å². The Balaban J connectivity index is 2.01. The van der Waals surface area contributed by atoms with E-state index < -0.39 is 5.97 Å². The molecule has 0 saturated heterocycles. The molecule has 0 amide bonds. The van der Waals surface area contributed by atoms with Crippen LogP contribution in [-0.4, -0.2) is 38.2 Å². The second-order valence-electron chi connectivity index (χ2n) is 4.27. The number of aromatic nitrogens is 3. The van der Waals surface area contributed by atoms with Crippen molar-refractivity contribution in [2.45, 2.75) is 20.4 Å². The summed E-state index contributed by atoms with van der Waals surface area (Å²) in [5.41, 5.74) is 0.881. The van der Waals surface area contributed by atoms with Crippen LogP contribution in [0.4, 0.5) is 5.13 Å². The van der Waals surface area contributed by atoms with E-state index in [2.05, 4.69) is 15.4 Å². The maximum absolute atomic E-state index is 11.3. The summed E-state index contributed by atoms with van der Waals surface area (Å²) in [7, 11) is 0. The van der Waals surface area contributed by atoms with E-state index in [1.807, 2.05) is 13.1 Å². The molecule has 0 aromatic carbocycles. The second kappa shape index (κ2) is 5.83. The molecule has 2 N–H and O–H groups in total. The highest BCUT2D eigenvalue weighted by molar-refractivity contribution is 7.17. The van der Waals surface area contributed by atoms with Gasteiger partial charge in [-0.25, -0.2) is 9.78 Å². The zero-order valence-corrected chi connectivity index (χ0v) is 11.9. The van der Waals surface area contributed by atoms with Gasteiger partial charge >= 0.3 is 5.97 Å². The van der Waals surface area contributed by atoms with Gasteiger partial charge in [0.2, 0.25) is 0 Å². The van der Waals surface area contributed by atoms with E-state index in [0.717, 1.165) is 16.9 Å². The van der Waals surface area contributed by atoms with Gasteiger partial charge in [-0.05, 0) is 12.5 Å². The topological polar surface area (TPSA) is 97.1 Å². The summed E-state index contributed by atoms with van der Waals surface area (Å²) < 4.78 is 1.78. The molecule has 0 saturated carbocycles. The van der Waals surface area contributed by atoms with Gasteiger partial charge in [0, 0.05) is 19.7 Å². The average Bonchev–Trinajstić information content (AvgIpc) is 2.96. The van der Waals surface area contributed by atoms with Crippen LogP contribution in [0.1, 0.15) is 32.6 Å². The molecular formula is C12H14N4O3S. The predicted octanol–water partition coefficient (Wildman–Crippen LogP) is 1.66. The molecule has 2 heterocycles. The molecule has 0 unspecified atom stereocenters. The fourth-order valence-corrected chi connectivity index (χ4v) is 2.52. The lowest BCUT2D eigenvalue weighted by Crippen LogP contribution is -2.11. The Kier molecular flexibility index (Phi) is 4.14. The fourth-order valence-electron chi connectivity index (χ4n) is 1.65. The quantitative estimate of drug-likeness (QED) is 0.786. The number of anilines is 1. The minimum atomic E-state index is -1.19. The first-order chi connectivity index (χ1) is 9.47. The number of thiazole rings is 1. The van der Waals surface area contributed by atoms with Crippen molar-refractivity contribution in [3.63, 3.8) is 0 Å². The largest absolute Gasteiger partial charge is 0.476 e. The number of carbonyl (C=O) groups is 2. The maximum atomic E-state index is 11.3. The smallest absolute Gasteiger partial charge is 0.356 e. The first-order valence-corrected chi connectivity index (χ1v) is 6.77. The highest BCUT2D eigenvalue weighted by Gasteiger charge is 2.20. The van der Waals surface area contributed by atoms with Crippen LogP contribution in [0.15, 0.2) is 12.4 Å². The van der Waals surface area contributed by atoms with E-state index in [4.69, 9.17) is 5.11 Å². The number of Topliss-reactive ketones (excluding diaryl/α,β-unsaturated/α-hetero) is 1. The summed E-state index contributed by atoms with van der Waals surface area (Å²) in [6.07, 6.45) is 3.67. The highest BCUT2D eigenvalue weighted by atomic mass is 32.1. The molecule has 0 atom stereocenters. The number of nitrogens with one attached hydrogen (secondary N) is 1. The van der Waals surface area contributed by atoms with Crippen LogP contribution >= 0.6 is 11.3 Å². The summed E-state index contributed by atoms with van der Waals surface area (Å²) in [5, 5.41) is 16.6. The fraction of sp³-hybridized carbons (Fsp3) is 0.333. The minimum absolute atomic E-state index is 0.162. The summed E-state index contributed by atoms with van der Waals surface area (Å²) in [5.74, 6) is -1.49. The van der Waals surface area contributed by atoms with E-state index in [1.165, 1.54) is 6.92 Å². The molecule has 0 bridgehead atoms. The van der Waals surface area contributed by atoms with Gasteiger partial charge in [-0.3, -0.25) is 9.48 Å². The minimum Gasteiger partial charge on any atom is -0.476 e. The van der Waals surface area contributed by atoms with Gasteiger partial charge in [-0.1, -0.05) is 11.3 Å². The van der Waals surface area contributed by atoms with Crippen LogP contribution < -0.4 is 5.32 Å². The SMILES string of the molecule is CC(=O)c1sc(NCCn2cc(C)cn2)nc1C(=O)O. The first-order valence-electron chi connectivity index (χ1n) is 5.95. The summed E-state index contributed by atoms with van der Waals surface area (Å²) in [6, 6.07) is 0. The highest BCUT2D eigenvalue weighted by Crippen LogP contribution is 2.23. The van der Waals surface area contributed by atoms with E-state index in [0.29, 0.717) is 18.2 Å². The number of hydrogen-bond acceptors (Lipinski definition) is 6. The van der Waals surface area contributed by atoms with Gasteiger partial charge in [0.05, 0.1) is 12.7 Å². The zero-order valence-electron chi connectivity index (χ0n) is 11.1. The van der Waals surface area contributed by atoms with Crippen LogP contribution in [0.2, 0.25) is 0 Å². The van der Waals surface area contributed by atoms with Gasteiger partial charge in [0.15, 0.2) is 16.6 Å². The molecule has 7 nitrogen and oxygen atoms in total. The lowest BCUT2D eigenvalue weighted by Gasteiger charge is -2.02. The number of hydrogen-bond donors (Lipinski definition) is 2. The van der Waals surface area contributed by atoms with Gasteiger partial charge in [0.1, 0.15) is 4.88 Å². The molecule has 20 heavy (non-hydrogen) atoms. The standard InChI is InChI=1S/C12H14N4O3S/c1-7-5-14-16(6-7)4-3-13-12-15-9(11(18)19)10(20-12)8(2)17/h5-6H,3-4H2,1-2H3,(H,13,15)(H,18,19). The number of carboxylic acids is 1. The van der Waals surface area contributed by atoms with Crippen LogP contribution in [-0.2, 0) is 6.54 Å². The van der Waals surface area contributed by atoms with Crippen molar-refractivity contribution in [1.29, 1.82) is 0 Å². The van der Waals surface area contributed by atoms with E-state index in [-0.39, 0.29) is 16.4 Å². The lowest BCUT2D eigenvalue weighted by atomic mass is 10.3. The molecule has 0 radical (unpaired) electrons. The molecule has 0 fully saturated rings. The summed E-state index contributed by atoms with van der Waals surface area (Å²) in [6.45, 7) is 4.46. The predicted molar refractivity (Wildman–Crippen MR) is 74.5 cm³/mol. The monoisotopic (exact) mass is 294 g/mol. The Hall–Kier alpha value is -2.22. The number of nitrogens with zero attached hydrogens (tertiary/aromatic N) is 3. The van der Waals surface area contributed by atoms with Crippen LogP contribution in [0.5, 0.6) is 0 Å². The zero-order chi connectivity index (χ0) is 14.7. The third-order valence-corrected chi connectivity index (χ3v) is 3.64. The van der Waals surface area contributed by atoms with Crippen LogP contribution in [0.3, 0.4) is 0 Å². The molecule has 0 spiro atoms. The second-order valence-corrected chi connectivity index (χ2v) is 5.26. The summed E-state index contributed by atoms with van der Waals surface area (Å²) >= 11 is 1.05. The number of aromatic carboxylic acids is 1. The molecule has 2 aromatic heterocycles. The number of rotatable bonds is 6. The Labute approximate surface area is 119 Å². The van der Waals surface area contributed by atoms with Crippen molar-refractivity contribution in [3.8, 4) is 0 Å². The Bertz CT molecular complexity index is 615. The van der Waals surface area contributed by atoms with Crippen LogP contribution in [0.25, 0.3) is 0 Å². The number of ketones is 1. The van der Waals surface area contributed by atoms with Gasteiger partial charge in [-0.2, -0.15) is 5.10 Å². The van der Waals surface area contributed by atoms with Crippen molar-refractivity contribution in [1.82, 2.24) is 14.8 Å². The average molecular weight is 294 g/mol. The van der Waals surface area contributed by atoms with E-state index >= 15 is 0 Å². The number of carboxylic acid groups (broad SMARTS) is 1. The van der Waals surface area contributed by atoms with Gasteiger partial charge in [-0.15, -0.1) is 0 Å². The molecule has 2 rings (SSSR count). The molecule has 0 aliphatic carbocycles. The van der Waals surface area contributed by atoms with Gasteiger partial charge in [0.25, 0.3) is 0 Å². The van der Waals surface area contributed by atoms with Crippen molar-refractivity contribution in [2.24, 2.45) is 0 Å². The molecule has 8 heteroatoms. The molecule has 0 aliphatic heterocycles. The van der Waals surface area contributed by atoms with Crippen molar-refractivity contribution < 1.29 is 14.7 Å².